The third kappa shape index (κ3) is 6.38. The number of nitrogens with one attached hydrogen (secondary N) is 2. The smallest absolute Gasteiger partial charge is 0.191 e. The molecular weight excluding hydrogens is 437 g/mol. The van der Waals surface area contributed by atoms with Gasteiger partial charge >= 0.3 is 0 Å². The van der Waals surface area contributed by atoms with Crippen molar-refractivity contribution < 1.29 is 0 Å². The van der Waals surface area contributed by atoms with Crippen LogP contribution in [0.5, 0.6) is 0 Å². The molecule has 2 atom stereocenters. The van der Waals surface area contributed by atoms with Gasteiger partial charge in [-0.05, 0) is 38.7 Å². The lowest BCUT2D eigenvalue weighted by atomic mass is 10.1. The first-order valence-electron chi connectivity index (χ1n) is 8.11. The molecule has 1 aromatic rings. The van der Waals surface area contributed by atoms with Gasteiger partial charge in [0, 0.05) is 44.3 Å². The van der Waals surface area contributed by atoms with Crippen molar-refractivity contribution in [2.45, 2.75) is 19.0 Å². The average molecular weight is 466 g/mol. The zero-order valence-electron chi connectivity index (χ0n) is 14.9. The van der Waals surface area contributed by atoms with Crippen LogP contribution in [0.3, 0.4) is 0 Å². The molecule has 1 aromatic carbocycles. The van der Waals surface area contributed by atoms with Crippen LogP contribution >= 0.6 is 35.6 Å². The number of guanidine groups is 1. The molecule has 0 amide bonds. The number of hydrogen-bond donors (Lipinski definition) is 2. The van der Waals surface area contributed by atoms with Crippen LogP contribution < -0.4 is 10.6 Å². The second kappa shape index (κ2) is 10.4. The topological polar surface area (TPSA) is 42.9 Å². The Morgan fingerprint density at radius 2 is 1.96 bits per heavy atom. The lowest BCUT2D eigenvalue weighted by Gasteiger charge is -2.38. The Kier molecular flexibility index (Phi) is 9.33. The Morgan fingerprint density at radius 3 is 2.58 bits per heavy atom. The number of hydrogen-bond acceptors (Lipinski definition) is 3. The maximum atomic E-state index is 5.95. The molecule has 5 nitrogen and oxygen atoms in total. The Hall–Kier alpha value is -0.570. The normalized spacial score (nSPS) is 21.0. The summed E-state index contributed by atoms with van der Waals surface area (Å²) >= 11 is 5.95. The zero-order chi connectivity index (χ0) is 16.8. The molecule has 1 aliphatic heterocycles. The highest BCUT2D eigenvalue weighted by atomic mass is 127. The fourth-order valence-corrected chi connectivity index (χ4v) is 2.90. The van der Waals surface area contributed by atoms with E-state index in [1.165, 1.54) is 5.56 Å². The minimum absolute atomic E-state index is 0. The van der Waals surface area contributed by atoms with E-state index in [4.69, 9.17) is 11.6 Å². The third-order valence-electron chi connectivity index (χ3n) is 4.43. The molecule has 1 fully saturated rings. The number of nitrogens with zero attached hydrogens (tertiary/aromatic N) is 3. The number of rotatable bonds is 4. The first kappa shape index (κ1) is 21.5. The Labute approximate surface area is 167 Å². The van der Waals surface area contributed by atoms with Gasteiger partial charge in [0.1, 0.15) is 0 Å². The number of piperazine rings is 1. The molecule has 0 spiro atoms. The highest BCUT2D eigenvalue weighted by Crippen LogP contribution is 2.15. The molecule has 0 aliphatic carbocycles. The second-order valence-corrected chi connectivity index (χ2v) is 6.70. The minimum Gasteiger partial charge on any atom is -0.355 e. The van der Waals surface area contributed by atoms with E-state index in [0.717, 1.165) is 37.2 Å². The van der Waals surface area contributed by atoms with Gasteiger partial charge in [0.2, 0.25) is 0 Å². The van der Waals surface area contributed by atoms with Crippen LogP contribution in [0.1, 0.15) is 18.5 Å². The Balaban J connectivity index is 0.00000288. The van der Waals surface area contributed by atoms with Crippen molar-refractivity contribution in [1.29, 1.82) is 0 Å². The molecule has 0 saturated carbocycles. The maximum Gasteiger partial charge on any atom is 0.191 e. The molecule has 0 radical (unpaired) electrons. The van der Waals surface area contributed by atoms with Gasteiger partial charge in [-0.2, -0.15) is 0 Å². The van der Waals surface area contributed by atoms with Gasteiger partial charge < -0.3 is 15.5 Å². The minimum atomic E-state index is 0. The maximum absolute atomic E-state index is 5.95. The van der Waals surface area contributed by atoms with Crippen molar-refractivity contribution in [1.82, 2.24) is 20.4 Å². The summed E-state index contributed by atoms with van der Waals surface area (Å²) in [6.45, 7) is 6.32. The van der Waals surface area contributed by atoms with Gasteiger partial charge in [0.15, 0.2) is 5.96 Å². The molecule has 2 unspecified atom stereocenters. The predicted octanol–water partition coefficient (Wildman–Crippen LogP) is 2.43. The van der Waals surface area contributed by atoms with Crippen molar-refractivity contribution in [2.24, 2.45) is 4.99 Å². The lowest BCUT2D eigenvalue weighted by molar-refractivity contribution is 0.116. The molecule has 1 aliphatic rings. The third-order valence-corrected chi connectivity index (χ3v) is 4.68. The summed E-state index contributed by atoms with van der Waals surface area (Å²) in [7, 11) is 6.17. The summed E-state index contributed by atoms with van der Waals surface area (Å²) < 4.78 is 0. The summed E-state index contributed by atoms with van der Waals surface area (Å²) in [6, 6.07) is 8.58. The fraction of sp³-hybridized carbons (Fsp3) is 0.588. The fourth-order valence-electron chi connectivity index (χ4n) is 2.77. The average Bonchev–Trinajstić information content (AvgIpc) is 2.54. The second-order valence-electron chi connectivity index (χ2n) is 6.27. The van der Waals surface area contributed by atoms with Gasteiger partial charge in [-0.25, -0.2) is 0 Å². The van der Waals surface area contributed by atoms with Crippen molar-refractivity contribution >= 4 is 41.5 Å². The van der Waals surface area contributed by atoms with Gasteiger partial charge in [-0.3, -0.25) is 9.89 Å². The molecule has 1 heterocycles. The van der Waals surface area contributed by atoms with Gasteiger partial charge in [-0.1, -0.05) is 23.7 Å². The van der Waals surface area contributed by atoms with E-state index < -0.39 is 0 Å². The van der Waals surface area contributed by atoms with Crippen molar-refractivity contribution in [3.8, 4) is 0 Å². The van der Waals surface area contributed by atoms with Crippen LogP contribution in [-0.4, -0.2) is 69.1 Å². The highest BCUT2D eigenvalue weighted by Gasteiger charge is 2.22. The predicted molar refractivity (Wildman–Crippen MR) is 114 cm³/mol. The van der Waals surface area contributed by atoms with Gasteiger partial charge in [0.05, 0.1) is 6.04 Å². The van der Waals surface area contributed by atoms with Crippen LogP contribution in [0, 0.1) is 0 Å². The van der Waals surface area contributed by atoms with E-state index in [9.17, 15) is 0 Å². The molecule has 7 heteroatoms. The number of likely N-dealkylation sites (N-methyl/N-ethyl adjacent to an activating group) is 2. The molecule has 136 valence electrons. The monoisotopic (exact) mass is 465 g/mol. The van der Waals surface area contributed by atoms with Crippen molar-refractivity contribution in [3.63, 3.8) is 0 Å². The summed E-state index contributed by atoms with van der Waals surface area (Å²) in [6.07, 6.45) is 0. The Morgan fingerprint density at radius 1 is 1.29 bits per heavy atom. The highest BCUT2D eigenvalue weighted by molar-refractivity contribution is 14.0. The first-order chi connectivity index (χ1) is 11.0. The summed E-state index contributed by atoms with van der Waals surface area (Å²) in [5, 5.41) is 7.64. The largest absolute Gasteiger partial charge is 0.355 e. The molecule has 24 heavy (non-hydrogen) atoms. The van der Waals surface area contributed by atoms with Crippen LogP contribution in [0.25, 0.3) is 0 Å². The molecule has 0 bridgehead atoms. The van der Waals surface area contributed by atoms with E-state index >= 15 is 0 Å². The molecule has 0 aromatic heterocycles. The zero-order valence-corrected chi connectivity index (χ0v) is 18.0. The first-order valence-corrected chi connectivity index (χ1v) is 8.49. The van der Waals surface area contributed by atoms with Crippen LogP contribution in [0.2, 0.25) is 5.02 Å². The quantitative estimate of drug-likeness (QED) is 0.407. The molecule has 2 N–H and O–H groups in total. The standard InChI is InChI=1S/C17H28ClN5.HI/c1-13(14-5-7-15(18)8-6-14)21-17(19-2)20-11-16-12-22(3)9-10-23(16)4;/h5-8,13,16H,9-12H2,1-4H3,(H2,19,20,21);1H. The lowest BCUT2D eigenvalue weighted by Crippen LogP contribution is -2.55. The molecule has 1 saturated heterocycles. The van der Waals surface area contributed by atoms with Gasteiger partial charge in [0.25, 0.3) is 0 Å². The van der Waals surface area contributed by atoms with Crippen LogP contribution in [0.4, 0.5) is 0 Å². The number of halogens is 2. The van der Waals surface area contributed by atoms with Crippen molar-refractivity contribution in [3.05, 3.63) is 34.9 Å². The van der Waals surface area contributed by atoms with E-state index in [0.29, 0.717) is 6.04 Å². The van der Waals surface area contributed by atoms with E-state index in [1.54, 1.807) is 7.05 Å². The van der Waals surface area contributed by atoms with E-state index in [-0.39, 0.29) is 30.0 Å². The SMILES string of the molecule is CN=C(NCC1CN(C)CCN1C)NC(C)c1ccc(Cl)cc1.I. The molecular formula is C17H29ClIN5. The van der Waals surface area contributed by atoms with Crippen LogP contribution in [-0.2, 0) is 0 Å². The van der Waals surface area contributed by atoms with Crippen molar-refractivity contribution in [2.75, 3.05) is 47.3 Å². The summed E-state index contributed by atoms with van der Waals surface area (Å²) in [5.41, 5.74) is 1.19. The van der Waals surface area contributed by atoms with E-state index in [1.807, 2.05) is 24.3 Å². The number of benzene rings is 1. The number of aliphatic imine (C=N–C) groups is 1. The van der Waals surface area contributed by atoms with Gasteiger partial charge in [-0.15, -0.1) is 24.0 Å². The van der Waals surface area contributed by atoms with E-state index in [2.05, 4.69) is 46.4 Å². The Bertz CT molecular complexity index is 522. The molecule has 2 rings (SSSR count). The van der Waals surface area contributed by atoms with Crippen LogP contribution in [0.15, 0.2) is 29.3 Å². The summed E-state index contributed by atoms with van der Waals surface area (Å²) in [5.74, 6) is 0.828. The summed E-state index contributed by atoms with van der Waals surface area (Å²) in [4.78, 5) is 9.12.